The molecule has 0 bridgehead atoms. The molecule has 8 heteroatoms. The van der Waals surface area contributed by atoms with Crippen molar-refractivity contribution in [2.45, 2.75) is 19.3 Å². The molecule has 2 rings (SSSR count). The van der Waals surface area contributed by atoms with Crippen molar-refractivity contribution < 1.29 is 19.1 Å². The number of hydrogen-bond acceptors (Lipinski definition) is 4. The summed E-state index contributed by atoms with van der Waals surface area (Å²) in [5.41, 5.74) is 0.667. The van der Waals surface area contributed by atoms with Crippen molar-refractivity contribution in [3.05, 3.63) is 40.3 Å². The standard InChI is InChI=1S/C15H14Cl2N2O4/c16-9-1-2-10(11(17)7-9)12-8-19-14(23-12)4-3-13(20)18-6-5-15(21)22/h1-2,7-8H,3-6H2,(H,18,20)(H,21,22). The highest BCUT2D eigenvalue weighted by Crippen LogP contribution is 2.30. The number of carboxylic acids is 1. The van der Waals surface area contributed by atoms with Crippen LogP contribution >= 0.6 is 23.2 Å². The SMILES string of the molecule is O=C(O)CCNC(=O)CCc1ncc(-c2ccc(Cl)cc2Cl)o1. The Morgan fingerprint density at radius 3 is 2.74 bits per heavy atom. The predicted octanol–water partition coefficient (Wildman–Crippen LogP) is 3.17. The molecule has 2 N–H and O–H groups in total. The van der Waals surface area contributed by atoms with Gasteiger partial charge in [0.1, 0.15) is 0 Å². The molecular formula is C15H14Cl2N2O4. The number of rotatable bonds is 7. The van der Waals surface area contributed by atoms with Gasteiger partial charge < -0.3 is 14.8 Å². The Hall–Kier alpha value is -2.05. The Bertz CT molecular complexity index is 715. The van der Waals surface area contributed by atoms with E-state index in [0.29, 0.717) is 33.7 Å². The fourth-order valence-corrected chi connectivity index (χ4v) is 2.36. The monoisotopic (exact) mass is 356 g/mol. The van der Waals surface area contributed by atoms with E-state index in [4.69, 9.17) is 32.7 Å². The molecule has 0 aliphatic carbocycles. The molecule has 0 unspecified atom stereocenters. The van der Waals surface area contributed by atoms with Crippen LogP contribution in [-0.2, 0) is 16.0 Å². The van der Waals surface area contributed by atoms with E-state index >= 15 is 0 Å². The van der Waals surface area contributed by atoms with E-state index < -0.39 is 5.97 Å². The van der Waals surface area contributed by atoms with Gasteiger partial charge in [-0.25, -0.2) is 4.98 Å². The van der Waals surface area contributed by atoms with Gasteiger partial charge >= 0.3 is 5.97 Å². The molecule has 122 valence electrons. The number of aryl methyl sites for hydroxylation is 1. The Morgan fingerprint density at radius 2 is 2.04 bits per heavy atom. The van der Waals surface area contributed by atoms with E-state index in [1.54, 1.807) is 18.2 Å². The second-order valence-corrected chi connectivity index (χ2v) is 5.58. The maximum absolute atomic E-state index is 11.6. The zero-order chi connectivity index (χ0) is 16.8. The maximum Gasteiger partial charge on any atom is 0.305 e. The number of oxazole rings is 1. The Kier molecular flexibility index (Phi) is 6.01. The summed E-state index contributed by atoms with van der Waals surface area (Å²) in [6.07, 6.45) is 1.90. The lowest BCUT2D eigenvalue weighted by atomic mass is 10.2. The number of aromatic nitrogens is 1. The first-order chi connectivity index (χ1) is 11.0. The van der Waals surface area contributed by atoms with Crippen LogP contribution < -0.4 is 5.32 Å². The molecule has 0 saturated carbocycles. The summed E-state index contributed by atoms with van der Waals surface area (Å²) in [4.78, 5) is 26.0. The van der Waals surface area contributed by atoms with Gasteiger partial charge in [-0.1, -0.05) is 23.2 Å². The first-order valence-electron chi connectivity index (χ1n) is 6.84. The summed E-state index contributed by atoms with van der Waals surface area (Å²) < 4.78 is 5.57. The average Bonchev–Trinajstić information content (AvgIpc) is 2.93. The van der Waals surface area contributed by atoms with Crippen LogP contribution in [0.1, 0.15) is 18.7 Å². The number of halogens is 2. The summed E-state index contributed by atoms with van der Waals surface area (Å²) >= 11 is 11.9. The number of carboxylic acid groups (broad SMARTS) is 1. The van der Waals surface area contributed by atoms with Gasteiger partial charge in [-0.2, -0.15) is 0 Å². The fraction of sp³-hybridized carbons (Fsp3) is 0.267. The smallest absolute Gasteiger partial charge is 0.305 e. The summed E-state index contributed by atoms with van der Waals surface area (Å²) in [7, 11) is 0. The quantitative estimate of drug-likeness (QED) is 0.794. The summed E-state index contributed by atoms with van der Waals surface area (Å²) in [5.74, 6) is -0.314. The lowest BCUT2D eigenvalue weighted by Crippen LogP contribution is -2.26. The number of aliphatic carboxylic acids is 1. The summed E-state index contributed by atoms with van der Waals surface area (Å²) in [6, 6.07) is 5.03. The van der Waals surface area contributed by atoms with Crippen molar-refractivity contribution in [3.63, 3.8) is 0 Å². The second kappa shape index (κ2) is 7.99. The van der Waals surface area contributed by atoms with Gasteiger partial charge in [-0.3, -0.25) is 9.59 Å². The van der Waals surface area contributed by atoms with Gasteiger partial charge in [0.25, 0.3) is 0 Å². The van der Waals surface area contributed by atoms with Crippen molar-refractivity contribution in [2.75, 3.05) is 6.54 Å². The molecule has 1 aromatic carbocycles. The first kappa shape index (κ1) is 17.3. The zero-order valence-corrected chi connectivity index (χ0v) is 13.5. The molecule has 23 heavy (non-hydrogen) atoms. The van der Waals surface area contributed by atoms with Gasteiger partial charge in [-0.05, 0) is 18.2 Å². The number of carbonyl (C=O) groups excluding carboxylic acids is 1. The molecule has 1 heterocycles. The molecule has 6 nitrogen and oxygen atoms in total. The molecule has 0 aliphatic heterocycles. The van der Waals surface area contributed by atoms with Crippen LogP contribution in [0.25, 0.3) is 11.3 Å². The Morgan fingerprint density at radius 1 is 1.26 bits per heavy atom. The molecule has 0 aliphatic rings. The van der Waals surface area contributed by atoms with E-state index in [0.717, 1.165) is 0 Å². The van der Waals surface area contributed by atoms with Crippen LogP contribution in [0, 0.1) is 0 Å². The van der Waals surface area contributed by atoms with Crippen molar-refractivity contribution in [3.8, 4) is 11.3 Å². The van der Waals surface area contributed by atoms with Crippen molar-refractivity contribution >= 4 is 35.1 Å². The molecule has 2 aromatic rings. The molecule has 0 radical (unpaired) electrons. The number of benzene rings is 1. The number of amides is 1. The number of carbonyl (C=O) groups is 2. The number of nitrogens with one attached hydrogen (secondary N) is 1. The topological polar surface area (TPSA) is 92.4 Å². The molecule has 0 atom stereocenters. The normalized spacial score (nSPS) is 10.5. The van der Waals surface area contributed by atoms with Crippen LogP contribution in [0.5, 0.6) is 0 Å². The Balaban J connectivity index is 1.90. The van der Waals surface area contributed by atoms with Crippen molar-refractivity contribution in [1.29, 1.82) is 0 Å². The molecular weight excluding hydrogens is 343 g/mol. The predicted molar refractivity (Wildman–Crippen MR) is 85.5 cm³/mol. The minimum Gasteiger partial charge on any atom is -0.481 e. The number of nitrogens with zero attached hydrogens (tertiary/aromatic N) is 1. The molecule has 1 aromatic heterocycles. The maximum atomic E-state index is 11.6. The largest absolute Gasteiger partial charge is 0.481 e. The van der Waals surface area contributed by atoms with E-state index in [1.165, 1.54) is 6.20 Å². The van der Waals surface area contributed by atoms with Crippen molar-refractivity contribution in [2.24, 2.45) is 0 Å². The van der Waals surface area contributed by atoms with Crippen LogP contribution in [0.2, 0.25) is 10.0 Å². The third-order valence-electron chi connectivity index (χ3n) is 2.98. The van der Waals surface area contributed by atoms with Gasteiger partial charge in [-0.15, -0.1) is 0 Å². The number of hydrogen-bond donors (Lipinski definition) is 2. The molecule has 0 fully saturated rings. The Labute approximate surface area is 142 Å². The highest BCUT2D eigenvalue weighted by atomic mass is 35.5. The third-order valence-corrected chi connectivity index (χ3v) is 3.52. The van der Waals surface area contributed by atoms with Crippen LogP contribution in [-0.4, -0.2) is 28.5 Å². The van der Waals surface area contributed by atoms with E-state index in [1.807, 2.05) is 0 Å². The third kappa shape index (κ3) is 5.26. The van der Waals surface area contributed by atoms with Gasteiger partial charge in [0.2, 0.25) is 5.91 Å². The zero-order valence-electron chi connectivity index (χ0n) is 12.0. The van der Waals surface area contributed by atoms with Gasteiger partial charge in [0.15, 0.2) is 11.7 Å². The fourth-order valence-electron chi connectivity index (χ4n) is 1.86. The summed E-state index contributed by atoms with van der Waals surface area (Å²) in [6.45, 7) is 0.103. The van der Waals surface area contributed by atoms with E-state index in [9.17, 15) is 9.59 Å². The molecule has 1 amide bonds. The summed E-state index contributed by atoms with van der Waals surface area (Å²) in [5, 5.41) is 12.0. The van der Waals surface area contributed by atoms with Gasteiger partial charge in [0.05, 0.1) is 17.6 Å². The minimum absolute atomic E-state index is 0.103. The lowest BCUT2D eigenvalue weighted by molar-refractivity contribution is -0.136. The van der Waals surface area contributed by atoms with Crippen LogP contribution in [0.4, 0.5) is 0 Å². The van der Waals surface area contributed by atoms with E-state index in [2.05, 4.69) is 10.3 Å². The van der Waals surface area contributed by atoms with E-state index in [-0.39, 0.29) is 25.3 Å². The second-order valence-electron chi connectivity index (χ2n) is 4.74. The highest BCUT2D eigenvalue weighted by molar-refractivity contribution is 6.36. The first-order valence-corrected chi connectivity index (χ1v) is 7.60. The van der Waals surface area contributed by atoms with Crippen LogP contribution in [0.3, 0.4) is 0 Å². The average molecular weight is 357 g/mol. The lowest BCUT2D eigenvalue weighted by Gasteiger charge is -2.02. The van der Waals surface area contributed by atoms with Crippen molar-refractivity contribution in [1.82, 2.24) is 10.3 Å². The minimum atomic E-state index is -0.956. The van der Waals surface area contributed by atoms with Gasteiger partial charge in [0, 0.05) is 30.0 Å². The van der Waals surface area contributed by atoms with Crippen LogP contribution in [0.15, 0.2) is 28.8 Å². The highest BCUT2D eigenvalue weighted by Gasteiger charge is 2.12. The molecule has 0 spiro atoms. The molecule has 0 saturated heterocycles.